The third-order valence-electron chi connectivity index (χ3n) is 3.96. The van der Waals surface area contributed by atoms with E-state index in [1.54, 1.807) is 12.1 Å². The Labute approximate surface area is 134 Å². The van der Waals surface area contributed by atoms with Gasteiger partial charge < -0.3 is 15.2 Å². The molecule has 1 fully saturated rings. The quantitative estimate of drug-likeness (QED) is 0.872. The molecule has 6 heteroatoms. The minimum absolute atomic E-state index is 0.136. The van der Waals surface area contributed by atoms with Crippen LogP contribution in [0.2, 0.25) is 5.02 Å². The molecule has 2 atom stereocenters. The zero-order valence-electron chi connectivity index (χ0n) is 12.7. The minimum Gasteiger partial charge on any atom is -0.484 e. The number of hydrogen-bond donors (Lipinski definition) is 2. The molecule has 120 valence electrons. The lowest BCUT2D eigenvalue weighted by molar-refractivity contribution is -0.142. The Kier molecular flexibility index (Phi) is 5.29. The van der Waals surface area contributed by atoms with Gasteiger partial charge in [0.05, 0.1) is 5.92 Å². The molecule has 0 aromatic heterocycles. The Morgan fingerprint density at radius 1 is 1.32 bits per heavy atom. The van der Waals surface area contributed by atoms with Crippen molar-refractivity contribution in [1.29, 1.82) is 0 Å². The van der Waals surface area contributed by atoms with Gasteiger partial charge in [0.15, 0.2) is 6.61 Å². The fraction of sp³-hybridized carbons (Fsp3) is 0.500. The van der Waals surface area contributed by atoms with Gasteiger partial charge in [-0.3, -0.25) is 9.59 Å². The van der Waals surface area contributed by atoms with Gasteiger partial charge in [0.25, 0.3) is 5.91 Å². The van der Waals surface area contributed by atoms with Crippen molar-refractivity contribution in [2.24, 2.45) is 5.92 Å². The lowest BCUT2D eigenvalue weighted by atomic mass is 10.0. The number of carboxylic acid groups (broad SMARTS) is 1. The Balaban J connectivity index is 1.89. The fourth-order valence-corrected chi connectivity index (χ4v) is 2.92. The molecule has 1 aliphatic carbocycles. The number of benzene rings is 1. The van der Waals surface area contributed by atoms with Crippen LogP contribution < -0.4 is 10.1 Å². The number of aryl methyl sites for hydroxylation is 2. The van der Waals surface area contributed by atoms with Gasteiger partial charge in [-0.05, 0) is 49.9 Å². The van der Waals surface area contributed by atoms with E-state index in [1.165, 1.54) is 0 Å². The normalized spacial score (nSPS) is 20.7. The molecule has 0 radical (unpaired) electrons. The molecule has 1 amide bonds. The number of nitrogens with one attached hydrogen (secondary N) is 1. The van der Waals surface area contributed by atoms with Crippen LogP contribution in [0.3, 0.4) is 0 Å². The molecule has 0 bridgehead atoms. The molecule has 1 aliphatic rings. The van der Waals surface area contributed by atoms with Crippen molar-refractivity contribution >= 4 is 23.5 Å². The maximum atomic E-state index is 11.9. The van der Waals surface area contributed by atoms with Crippen molar-refractivity contribution in [2.75, 3.05) is 6.61 Å². The van der Waals surface area contributed by atoms with Crippen molar-refractivity contribution in [2.45, 2.75) is 39.2 Å². The SMILES string of the molecule is Cc1cc(OCC(=O)N[C@@H]2CCC[C@@H]2C(=O)O)cc(C)c1Cl. The highest BCUT2D eigenvalue weighted by Gasteiger charge is 2.33. The molecule has 0 heterocycles. The van der Waals surface area contributed by atoms with Crippen molar-refractivity contribution < 1.29 is 19.4 Å². The molecule has 0 spiro atoms. The number of amides is 1. The molecule has 2 rings (SSSR count). The van der Waals surface area contributed by atoms with E-state index in [2.05, 4.69) is 5.32 Å². The fourth-order valence-electron chi connectivity index (χ4n) is 2.82. The zero-order chi connectivity index (χ0) is 16.3. The summed E-state index contributed by atoms with van der Waals surface area (Å²) in [6.07, 6.45) is 2.12. The van der Waals surface area contributed by atoms with Crippen molar-refractivity contribution in [3.8, 4) is 5.75 Å². The van der Waals surface area contributed by atoms with E-state index in [4.69, 9.17) is 21.4 Å². The molecule has 0 saturated heterocycles. The molecule has 1 aromatic rings. The first kappa shape index (κ1) is 16.6. The van der Waals surface area contributed by atoms with Crippen molar-refractivity contribution in [3.05, 3.63) is 28.3 Å². The molecule has 0 unspecified atom stereocenters. The molecule has 5 nitrogen and oxygen atoms in total. The first-order valence-electron chi connectivity index (χ1n) is 7.30. The largest absolute Gasteiger partial charge is 0.484 e. The van der Waals surface area contributed by atoms with Crippen LogP contribution in [0.4, 0.5) is 0 Å². The lowest BCUT2D eigenvalue weighted by Gasteiger charge is -2.18. The predicted octanol–water partition coefficient (Wildman–Crippen LogP) is 2.71. The summed E-state index contributed by atoms with van der Waals surface area (Å²) in [4.78, 5) is 23.0. The number of hydrogen-bond acceptors (Lipinski definition) is 3. The number of halogens is 1. The van der Waals surface area contributed by atoms with Gasteiger partial charge in [-0.25, -0.2) is 0 Å². The lowest BCUT2D eigenvalue weighted by Crippen LogP contribution is -2.42. The van der Waals surface area contributed by atoms with Gasteiger partial charge in [-0.1, -0.05) is 18.0 Å². The molecule has 2 N–H and O–H groups in total. The van der Waals surface area contributed by atoms with Gasteiger partial charge in [0, 0.05) is 11.1 Å². The third-order valence-corrected chi connectivity index (χ3v) is 4.56. The standard InChI is InChI=1S/C16H20ClNO4/c1-9-6-11(7-10(2)15(9)17)22-8-14(19)18-13-5-3-4-12(13)16(20)21/h6-7,12-13H,3-5,8H2,1-2H3,(H,18,19)(H,20,21)/t12-,13+/m0/s1. The summed E-state index contributed by atoms with van der Waals surface area (Å²) in [6.45, 7) is 3.61. The maximum absolute atomic E-state index is 11.9. The van der Waals surface area contributed by atoms with E-state index in [-0.39, 0.29) is 18.6 Å². The van der Waals surface area contributed by atoms with E-state index in [9.17, 15) is 9.59 Å². The second kappa shape index (κ2) is 7.01. The Bertz CT molecular complexity index is 565. The Morgan fingerprint density at radius 2 is 1.95 bits per heavy atom. The number of ether oxygens (including phenoxy) is 1. The van der Waals surface area contributed by atoms with Gasteiger partial charge >= 0.3 is 5.97 Å². The van der Waals surface area contributed by atoms with Crippen LogP contribution in [0.5, 0.6) is 5.75 Å². The van der Waals surface area contributed by atoms with Crippen LogP contribution in [-0.2, 0) is 9.59 Å². The summed E-state index contributed by atoms with van der Waals surface area (Å²) in [5.41, 5.74) is 1.78. The van der Waals surface area contributed by atoms with Gasteiger partial charge in [-0.2, -0.15) is 0 Å². The van der Waals surface area contributed by atoms with Crippen LogP contribution >= 0.6 is 11.6 Å². The number of carbonyl (C=O) groups is 2. The highest BCUT2D eigenvalue weighted by Crippen LogP contribution is 2.27. The summed E-state index contributed by atoms with van der Waals surface area (Å²) < 4.78 is 5.47. The van der Waals surface area contributed by atoms with E-state index in [0.717, 1.165) is 17.5 Å². The highest BCUT2D eigenvalue weighted by molar-refractivity contribution is 6.32. The predicted molar refractivity (Wildman–Crippen MR) is 83.3 cm³/mol. The van der Waals surface area contributed by atoms with E-state index < -0.39 is 11.9 Å². The molecule has 0 aliphatic heterocycles. The molecule has 1 saturated carbocycles. The van der Waals surface area contributed by atoms with Gasteiger partial charge in [-0.15, -0.1) is 0 Å². The average Bonchev–Trinajstić information content (AvgIpc) is 2.90. The zero-order valence-corrected chi connectivity index (χ0v) is 13.4. The number of aliphatic carboxylic acids is 1. The summed E-state index contributed by atoms with van der Waals surface area (Å²) in [5.74, 6) is -1.07. The first-order valence-corrected chi connectivity index (χ1v) is 7.68. The van der Waals surface area contributed by atoms with Crippen LogP contribution in [0.15, 0.2) is 12.1 Å². The number of carbonyl (C=O) groups excluding carboxylic acids is 1. The Morgan fingerprint density at radius 3 is 2.55 bits per heavy atom. The summed E-state index contributed by atoms with van der Waals surface area (Å²) in [7, 11) is 0. The van der Waals surface area contributed by atoms with Crippen molar-refractivity contribution in [3.63, 3.8) is 0 Å². The molecular weight excluding hydrogens is 306 g/mol. The van der Waals surface area contributed by atoms with Crippen LogP contribution in [-0.4, -0.2) is 29.6 Å². The molecule has 22 heavy (non-hydrogen) atoms. The van der Waals surface area contributed by atoms with E-state index >= 15 is 0 Å². The minimum atomic E-state index is -0.854. The summed E-state index contributed by atoms with van der Waals surface area (Å²) in [6, 6.07) is 3.25. The van der Waals surface area contributed by atoms with Gasteiger partial charge in [0.1, 0.15) is 5.75 Å². The van der Waals surface area contributed by atoms with Crippen LogP contribution in [0, 0.1) is 19.8 Å². The molecule has 1 aromatic carbocycles. The maximum Gasteiger partial charge on any atom is 0.308 e. The topological polar surface area (TPSA) is 75.6 Å². The average molecular weight is 326 g/mol. The Hall–Kier alpha value is -1.75. The second-order valence-corrected chi connectivity index (χ2v) is 6.09. The van der Waals surface area contributed by atoms with Crippen molar-refractivity contribution in [1.82, 2.24) is 5.32 Å². The molecular formula is C16H20ClNO4. The monoisotopic (exact) mass is 325 g/mol. The number of rotatable bonds is 5. The first-order chi connectivity index (χ1) is 10.4. The van der Waals surface area contributed by atoms with Gasteiger partial charge in [0.2, 0.25) is 0 Å². The highest BCUT2D eigenvalue weighted by atomic mass is 35.5. The third kappa shape index (κ3) is 3.91. The smallest absolute Gasteiger partial charge is 0.308 e. The summed E-state index contributed by atoms with van der Waals surface area (Å²) in [5, 5.41) is 12.5. The number of carboxylic acids is 1. The van der Waals surface area contributed by atoms with Crippen LogP contribution in [0.25, 0.3) is 0 Å². The second-order valence-electron chi connectivity index (χ2n) is 5.71. The summed E-state index contributed by atoms with van der Waals surface area (Å²) >= 11 is 6.08. The van der Waals surface area contributed by atoms with E-state index in [0.29, 0.717) is 23.6 Å². The van der Waals surface area contributed by atoms with Crippen LogP contribution in [0.1, 0.15) is 30.4 Å². The van der Waals surface area contributed by atoms with E-state index in [1.807, 2.05) is 13.8 Å².